The zero-order valence-corrected chi connectivity index (χ0v) is 12.8. The summed E-state index contributed by atoms with van der Waals surface area (Å²) in [5, 5.41) is 3.61. The highest BCUT2D eigenvalue weighted by molar-refractivity contribution is 7.99. The van der Waals surface area contributed by atoms with Crippen molar-refractivity contribution in [3.05, 3.63) is 29.8 Å². The number of thioether (sulfide) groups is 1. The summed E-state index contributed by atoms with van der Waals surface area (Å²) in [4.78, 5) is 0.432. The molecule has 0 radical (unpaired) electrons. The van der Waals surface area contributed by atoms with E-state index in [4.69, 9.17) is 0 Å². The first-order valence-electron chi connectivity index (χ1n) is 7.52. The van der Waals surface area contributed by atoms with E-state index in [-0.39, 0.29) is 11.6 Å². The van der Waals surface area contributed by atoms with Crippen LogP contribution < -0.4 is 5.32 Å². The molecule has 2 rings (SSSR count). The van der Waals surface area contributed by atoms with Crippen LogP contribution in [0.3, 0.4) is 0 Å². The van der Waals surface area contributed by atoms with Crippen molar-refractivity contribution in [2.75, 3.05) is 12.3 Å². The van der Waals surface area contributed by atoms with E-state index in [9.17, 15) is 8.78 Å². The van der Waals surface area contributed by atoms with Gasteiger partial charge in [0.2, 0.25) is 0 Å². The second kappa shape index (κ2) is 7.99. The Morgan fingerprint density at radius 1 is 1.30 bits per heavy atom. The van der Waals surface area contributed by atoms with Crippen LogP contribution in [0.1, 0.15) is 39.0 Å². The minimum absolute atomic E-state index is 0.316. The molecule has 2 atom stereocenters. The lowest BCUT2D eigenvalue weighted by atomic mass is 10.0. The Labute approximate surface area is 124 Å². The molecule has 0 saturated heterocycles. The fraction of sp³-hybridized carbons (Fsp3) is 0.625. The number of hydrogen-bond acceptors (Lipinski definition) is 2. The van der Waals surface area contributed by atoms with Crippen LogP contribution in [0.5, 0.6) is 0 Å². The third kappa shape index (κ3) is 4.45. The van der Waals surface area contributed by atoms with E-state index < -0.39 is 0 Å². The van der Waals surface area contributed by atoms with Gasteiger partial charge in [-0.05, 0) is 62.1 Å². The van der Waals surface area contributed by atoms with Gasteiger partial charge >= 0.3 is 0 Å². The SMILES string of the molecule is CCCNC1CCCC1CCSc1cc(F)ccc1F. The lowest BCUT2D eigenvalue weighted by Crippen LogP contribution is -2.33. The average molecular weight is 299 g/mol. The van der Waals surface area contributed by atoms with Gasteiger partial charge in [0.1, 0.15) is 11.6 Å². The summed E-state index contributed by atoms with van der Waals surface area (Å²) < 4.78 is 26.6. The van der Waals surface area contributed by atoms with E-state index in [0.29, 0.717) is 16.9 Å². The van der Waals surface area contributed by atoms with Crippen molar-refractivity contribution in [1.82, 2.24) is 5.32 Å². The molecule has 112 valence electrons. The van der Waals surface area contributed by atoms with Gasteiger partial charge in [-0.1, -0.05) is 13.3 Å². The quantitative estimate of drug-likeness (QED) is 0.738. The molecule has 20 heavy (non-hydrogen) atoms. The summed E-state index contributed by atoms with van der Waals surface area (Å²) in [7, 11) is 0. The molecule has 1 aliphatic carbocycles. The maximum absolute atomic E-state index is 13.5. The summed E-state index contributed by atoms with van der Waals surface area (Å²) in [6.07, 6.45) is 6.02. The highest BCUT2D eigenvalue weighted by Gasteiger charge is 2.26. The van der Waals surface area contributed by atoms with Crippen molar-refractivity contribution >= 4 is 11.8 Å². The lowest BCUT2D eigenvalue weighted by Gasteiger charge is -2.20. The van der Waals surface area contributed by atoms with Crippen molar-refractivity contribution in [2.45, 2.75) is 50.0 Å². The number of hydrogen-bond donors (Lipinski definition) is 1. The minimum atomic E-state index is -0.364. The third-order valence-electron chi connectivity index (χ3n) is 3.96. The molecule has 1 N–H and O–H groups in total. The molecule has 1 saturated carbocycles. The van der Waals surface area contributed by atoms with Crippen molar-refractivity contribution in [2.24, 2.45) is 5.92 Å². The standard InChI is InChI=1S/C16H23F2NS/c1-2-9-19-15-5-3-4-12(15)8-10-20-16-11-13(17)6-7-14(16)18/h6-7,11-12,15,19H,2-5,8-10H2,1H3. The van der Waals surface area contributed by atoms with Crippen LogP contribution in [0.2, 0.25) is 0 Å². The molecule has 0 aromatic heterocycles. The molecule has 0 aliphatic heterocycles. The van der Waals surface area contributed by atoms with Crippen LogP contribution in [-0.2, 0) is 0 Å². The largest absolute Gasteiger partial charge is 0.314 e. The summed E-state index contributed by atoms with van der Waals surface area (Å²) in [5.74, 6) is 0.862. The Balaban J connectivity index is 1.78. The van der Waals surface area contributed by atoms with Crippen LogP contribution in [0.25, 0.3) is 0 Å². The highest BCUT2D eigenvalue weighted by atomic mass is 32.2. The van der Waals surface area contributed by atoms with Gasteiger partial charge < -0.3 is 5.32 Å². The van der Waals surface area contributed by atoms with E-state index in [1.54, 1.807) is 0 Å². The lowest BCUT2D eigenvalue weighted by molar-refractivity contribution is 0.393. The predicted molar refractivity (Wildman–Crippen MR) is 81.1 cm³/mol. The molecule has 1 aromatic rings. The van der Waals surface area contributed by atoms with Gasteiger partial charge in [-0.2, -0.15) is 0 Å². The molecular weight excluding hydrogens is 276 g/mol. The molecule has 0 bridgehead atoms. The van der Waals surface area contributed by atoms with Gasteiger partial charge in [-0.25, -0.2) is 8.78 Å². The molecule has 1 nitrogen and oxygen atoms in total. The van der Waals surface area contributed by atoms with Gasteiger partial charge in [-0.3, -0.25) is 0 Å². The van der Waals surface area contributed by atoms with Gasteiger partial charge in [-0.15, -0.1) is 11.8 Å². The zero-order valence-electron chi connectivity index (χ0n) is 12.0. The topological polar surface area (TPSA) is 12.0 Å². The zero-order chi connectivity index (χ0) is 14.4. The van der Waals surface area contributed by atoms with Gasteiger partial charge in [0.15, 0.2) is 0 Å². The van der Waals surface area contributed by atoms with Gasteiger partial charge in [0.25, 0.3) is 0 Å². The number of nitrogens with one attached hydrogen (secondary N) is 1. The second-order valence-corrected chi connectivity index (χ2v) is 6.60. The Kier molecular flexibility index (Phi) is 6.30. The first-order valence-corrected chi connectivity index (χ1v) is 8.50. The van der Waals surface area contributed by atoms with E-state index in [1.807, 2.05) is 0 Å². The van der Waals surface area contributed by atoms with Crippen LogP contribution in [0.4, 0.5) is 8.78 Å². The van der Waals surface area contributed by atoms with Crippen LogP contribution >= 0.6 is 11.8 Å². The van der Waals surface area contributed by atoms with E-state index >= 15 is 0 Å². The first-order chi connectivity index (χ1) is 9.70. The van der Waals surface area contributed by atoms with Crippen LogP contribution in [-0.4, -0.2) is 18.3 Å². The molecule has 2 unspecified atom stereocenters. The molecule has 1 fully saturated rings. The molecule has 0 spiro atoms. The molecule has 0 heterocycles. The maximum atomic E-state index is 13.5. The van der Waals surface area contributed by atoms with E-state index in [0.717, 1.165) is 25.1 Å². The highest BCUT2D eigenvalue weighted by Crippen LogP contribution is 2.31. The predicted octanol–water partition coefficient (Wildman–Crippen LogP) is 4.62. The molecule has 0 amide bonds. The molecule has 1 aliphatic rings. The number of benzene rings is 1. The fourth-order valence-electron chi connectivity index (χ4n) is 2.89. The van der Waals surface area contributed by atoms with Crippen molar-refractivity contribution in [3.8, 4) is 0 Å². The van der Waals surface area contributed by atoms with E-state index in [1.165, 1.54) is 49.2 Å². The average Bonchev–Trinajstić information content (AvgIpc) is 2.88. The summed E-state index contributed by atoms with van der Waals surface area (Å²) in [5.41, 5.74) is 0. The minimum Gasteiger partial charge on any atom is -0.314 e. The Bertz CT molecular complexity index is 425. The first kappa shape index (κ1) is 15.8. The Morgan fingerprint density at radius 3 is 2.95 bits per heavy atom. The fourth-order valence-corrected chi connectivity index (χ4v) is 3.93. The Hall–Kier alpha value is -0.610. The maximum Gasteiger partial charge on any atom is 0.136 e. The van der Waals surface area contributed by atoms with Gasteiger partial charge in [0.05, 0.1) is 0 Å². The van der Waals surface area contributed by atoms with Crippen molar-refractivity contribution in [3.63, 3.8) is 0 Å². The van der Waals surface area contributed by atoms with Crippen molar-refractivity contribution in [1.29, 1.82) is 0 Å². The smallest absolute Gasteiger partial charge is 0.136 e. The molecule has 1 aromatic carbocycles. The van der Waals surface area contributed by atoms with Crippen LogP contribution in [0.15, 0.2) is 23.1 Å². The van der Waals surface area contributed by atoms with Crippen molar-refractivity contribution < 1.29 is 8.78 Å². The second-order valence-electron chi connectivity index (χ2n) is 5.46. The monoisotopic (exact) mass is 299 g/mol. The molecular formula is C16H23F2NS. The summed E-state index contributed by atoms with van der Waals surface area (Å²) in [6.45, 7) is 3.26. The van der Waals surface area contributed by atoms with Gasteiger partial charge in [0, 0.05) is 10.9 Å². The third-order valence-corrected chi connectivity index (χ3v) is 5.02. The summed E-state index contributed by atoms with van der Waals surface area (Å²) >= 11 is 1.43. The number of halogens is 2. The number of rotatable bonds is 7. The van der Waals surface area contributed by atoms with Crippen LogP contribution in [0, 0.1) is 17.6 Å². The normalized spacial score (nSPS) is 22.4. The molecule has 4 heteroatoms. The van der Waals surface area contributed by atoms with E-state index in [2.05, 4.69) is 12.2 Å². The Morgan fingerprint density at radius 2 is 2.15 bits per heavy atom. The summed E-state index contributed by atoms with van der Waals surface area (Å²) in [6, 6.07) is 4.29.